The monoisotopic (exact) mass is 406 g/mol. The van der Waals surface area contributed by atoms with Gasteiger partial charge in [0.05, 0.1) is 18.1 Å². The van der Waals surface area contributed by atoms with Gasteiger partial charge in [0.2, 0.25) is 5.88 Å². The Balaban J connectivity index is 2.60. The van der Waals surface area contributed by atoms with E-state index in [1.807, 2.05) is 0 Å². The Bertz CT molecular complexity index is 850. The zero-order chi connectivity index (χ0) is 20.4. The van der Waals surface area contributed by atoms with Crippen molar-refractivity contribution in [3.05, 3.63) is 34.8 Å². The maximum atomic E-state index is 14.6. The molecule has 0 unspecified atom stereocenters. The van der Waals surface area contributed by atoms with Crippen molar-refractivity contribution in [3.63, 3.8) is 0 Å². The Morgan fingerprint density at radius 3 is 2.52 bits per heavy atom. The molecule has 10 heteroatoms. The summed E-state index contributed by atoms with van der Waals surface area (Å²) in [5, 5.41) is 13.5. The van der Waals surface area contributed by atoms with E-state index >= 15 is 0 Å². The maximum absolute atomic E-state index is 14.6. The Morgan fingerprint density at radius 2 is 2.00 bits per heavy atom. The summed E-state index contributed by atoms with van der Waals surface area (Å²) >= 11 is 0.532. The lowest BCUT2D eigenvalue weighted by atomic mass is 10.1. The van der Waals surface area contributed by atoms with Crippen LogP contribution in [0, 0.1) is 12.7 Å². The van der Waals surface area contributed by atoms with Crippen molar-refractivity contribution in [2.45, 2.75) is 38.3 Å². The van der Waals surface area contributed by atoms with Gasteiger partial charge in [0, 0.05) is 4.90 Å². The largest absolute Gasteiger partial charge is 0.477 e. The fourth-order valence-corrected chi connectivity index (χ4v) is 3.33. The predicted octanol–water partition coefficient (Wildman–Crippen LogP) is 4.63. The minimum atomic E-state index is -4.37. The molecule has 1 aromatic heterocycles. The van der Waals surface area contributed by atoms with E-state index in [4.69, 9.17) is 4.74 Å². The molecule has 0 radical (unpaired) electrons. The third-order valence-electron chi connectivity index (χ3n) is 3.64. The van der Waals surface area contributed by atoms with Gasteiger partial charge in [0.15, 0.2) is 0 Å². The van der Waals surface area contributed by atoms with Gasteiger partial charge in [0.25, 0.3) is 0 Å². The molecule has 5 nitrogen and oxygen atoms in total. The van der Waals surface area contributed by atoms with Crippen LogP contribution in [-0.2, 0) is 6.42 Å². The van der Waals surface area contributed by atoms with Crippen molar-refractivity contribution in [1.29, 1.82) is 0 Å². The first kappa shape index (κ1) is 21.1. The first-order valence-electron chi connectivity index (χ1n) is 8.07. The zero-order valence-corrected chi connectivity index (χ0v) is 15.7. The molecule has 148 valence electrons. The lowest BCUT2D eigenvalue weighted by molar-refractivity contribution is -0.105. The second kappa shape index (κ2) is 8.20. The lowest BCUT2D eigenvalue weighted by Crippen LogP contribution is -2.11. The number of aromatic carboxylic acids is 1. The summed E-state index contributed by atoms with van der Waals surface area (Å²) in [5.74, 6) is -3.28. The first-order chi connectivity index (χ1) is 12.6. The molecule has 1 aromatic carbocycles. The molecule has 27 heavy (non-hydrogen) atoms. The molecule has 0 spiro atoms. The fourth-order valence-electron chi connectivity index (χ4n) is 2.53. The Hall–Kier alpha value is -2.23. The maximum Gasteiger partial charge on any atom is 0.398 e. The highest BCUT2D eigenvalue weighted by molar-refractivity contribution is 7.99. The lowest BCUT2D eigenvalue weighted by Gasteiger charge is -2.13. The molecule has 0 saturated carbocycles. The van der Waals surface area contributed by atoms with Gasteiger partial charge in [-0.25, -0.2) is 13.9 Å². The van der Waals surface area contributed by atoms with Gasteiger partial charge < -0.3 is 9.84 Å². The van der Waals surface area contributed by atoms with E-state index in [0.29, 0.717) is 17.3 Å². The Morgan fingerprint density at radius 1 is 1.33 bits per heavy atom. The normalized spacial score (nSPS) is 11.7. The number of carboxylic acid groups (broad SMARTS) is 1. The topological polar surface area (TPSA) is 64.4 Å². The molecule has 0 aliphatic carbocycles. The van der Waals surface area contributed by atoms with Gasteiger partial charge in [-0.2, -0.15) is 13.2 Å². The van der Waals surface area contributed by atoms with Crippen molar-refractivity contribution in [3.8, 4) is 11.6 Å². The van der Waals surface area contributed by atoms with E-state index in [2.05, 4.69) is 5.10 Å². The van der Waals surface area contributed by atoms with Gasteiger partial charge >= 0.3 is 12.1 Å². The van der Waals surface area contributed by atoms with E-state index in [9.17, 15) is 27.5 Å². The molecule has 0 amide bonds. The summed E-state index contributed by atoms with van der Waals surface area (Å²) in [6.07, 6.45) is -4.16. The number of carboxylic acids is 1. The number of aromatic nitrogens is 2. The minimum Gasteiger partial charge on any atom is -0.477 e. The predicted molar refractivity (Wildman–Crippen MR) is 92.5 cm³/mol. The van der Waals surface area contributed by atoms with Gasteiger partial charge in [-0.05, 0) is 38.0 Å². The second-order valence-corrected chi connectivity index (χ2v) is 6.62. The number of hydrogen-bond acceptors (Lipinski definition) is 4. The molecule has 1 heterocycles. The highest BCUT2D eigenvalue weighted by Gasteiger charge is 2.29. The number of halogens is 4. The van der Waals surface area contributed by atoms with E-state index in [1.54, 1.807) is 13.8 Å². The van der Waals surface area contributed by atoms with Crippen molar-refractivity contribution in [2.24, 2.45) is 0 Å². The number of ether oxygens (including phenoxy) is 1. The van der Waals surface area contributed by atoms with Crippen molar-refractivity contribution in [1.82, 2.24) is 9.78 Å². The average molecular weight is 406 g/mol. The van der Waals surface area contributed by atoms with Crippen LogP contribution in [0.2, 0.25) is 0 Å². The molecule has 2 aromatic rings. The molecule has 0 atom stereocenters. The molecule has 2 rings (SSSR count). The summed E-state index contributed by atoms with van der Waals surface area (Å²) in [5.41, 5.74) is 0.221. The van der Waals surface area contributed by atoms with E-state index in [0.717, 1.165) is 10.7 Å². The van der Waals surface area contributed by atoms with Crippen LogP contribution < -0.4 is 4.74 Å². The van der Waals surface area contributed by atoms with Crippen LogP contribution in [0.1, 0.15) is 35.5 Å². The standard InChI is InChI=1S/C17H18F4N2O3S/c1-4-11-14(16(24)25)15(26-5-2)22-23(11)12-7-13(9(3)6-10(12)18)27-8-17(19,20)21/h6-7H,4-5,8H2,1-3H3,(H,24,25). The zero-order valence-electron chi connectivity index (χ0n) is 14.9. The van der Waals surface area contributed by atoms with Gasteiger partial charge in [-0.15, -0.1) is 16.9 Å². The molecule has 0 bridgehead atoms. The molecular formula is C17H18F4N2O3S. The number of thioether (sulfide) groups is 1. The molecule has 0 fully saturated rings. The van der Waals surface area contributed by atoms with Crippen molar-refractivity contribution >= 4 is 17.7 Å². The molecule has 0 aliphatic heterocycles. The van der Waals surface area contributed by atoms with Gasteiger partial charge in [-0.3, -0.25) is 0 Å². The van der Waals surface area contributed by atoms with Crippen LogP contribution in [0.4, 0.5) is 17.6 Å². The second-order valence-electron chi connectivity index (χ2n) is 5.60. The number of alkyl halides is 3. The van der Waals surface area contributed by atoms with Crippen LogP contribution in [0.5, 0.6) is 5.88 Å². The Kier molecular flexibility index (Phi) is 6.40. The van der Waals surface area contributed by atoms with Crippen LogP contribution in [0.3, 0.4) is 0 Å². The summed E-state index contributed by atoms with van der Waals surface area (Å²) in [6, 6.07) is 2.35. The van der Waals surface area contributed by atoms with Crippen LogP contribution in [-0.4, -0.2) is 39.4 Å². The summed E-state index contributed by atoms with van der Waals surface area (Å²) < 4.78 is 58.5. The van der Waals surface area contributed by atoms with Crippen LogP contribution >= 0.6 is 11.8 Å². The summed E-state index contributed by atoms with van der Waals surface area (Å²) in [6.45, 7) is 4.98. The number of hydrogen-bond donors (Lipinski definition) is 1. The Labute approximate surface area is 157 Å². The first-order valence-corrected chi connectivity index (χ1v) is 9.05. The van der Waals surface area contributed by atoms with Gasteiger partial charge in [-0.1, -0.05) is 6.92 Å². The minimum absolute atomic E-state index is 0.129. The van der Waals surface area contributed by atoms with Crippen LogP contribution in [0.25, 0.3) is 5.69 Å². The van der Waals surface area contributed by atoms with Crippen molar-refractivity contribution < 1.29 is 32.2 Å². The smallest absolute Gasteiger partial charge is 0.398 e. The average Bonchev–Trinajstić information content (AvgIpc) is 2.91. The van der Waals surface area contributed by atoms with Crippen molar-refractivity contribution in [2.75, 3.05) is 12.4 Å². The SMILES string of the molecule is CCOc1nn(-c2cc(SCC(F)(F)F)c(C)cc2F)c(CC)c1C(=O)O. The third-order valence-corrected chi connectivity index (χ3v) is 4.87. The number of nitrogens with zero attached hydrogens (tertiary/aromatic N) is 2. The quantitative estimate of drug-likeness (QED) is 0.536. The fraction of sp³-hybridized carbons (Fsp3) is 0.412. The molecule has 0 saturated heterocycles. The number of carbonyl (C=O) groups is 1. The van der Waals surface area contributed by atoms with Crippen LogP contribution in [0.15, 0.2) is 17.0 Å². The van der Waals surface area contributed by atoms with E-state index in [1.165, 1.54) is 13.0 Å². The molecule has 1 N–H and O–H groups in total. The number of benzene rings is 1. The third kappa shape index (κ3) is 4.74. The number of aryl methyl sites for hydroxylation is 1. The molecule has 0 aliphatic rings. The summed E-state index contributed by atoms with van der Waals surface area (Å²) in [7, 11) is 0. The highest BCUT2D eigenvalue weighted by Crippen LogP contribution is 2.33. The van der Waals surface area contributed by atoms with Gasteiger partial charge in [0.1, 0.15) is 17.1 Å². The number of rotatable bonds is 7. The molecular weight excluding hydrogens is 388 g/mol. The summed E-state index contributed by atoms with van der Waals surface area (Å²) in [4.78, 5) is 11.8. The highest BCUT2D eigenvalue weighted by atomic mass is 32.2. The van der Waals surface area contributed by atoms with E-state index in [-0.39, 0.29) is 40.7 Å². The van der Waals surface area contributed by atoms with E-state index < -0.39 is 23.7 Å².